The molecule has 1 aliphatic heterocycles. The van der Waals surface area contributed by atoms with E-state index in [2.05, 4.69) is 11.1 Å². The number of aliphatic hydroxyl groups is 1. The van der Waals surface area contributed by atoms with Crippen LogP contribution in [0.2, 0.25) is 0 Å². The summed E-state index contributed by atoms with van der Waals surface area (Å²) in [4.78, 5) is 17.2. The molecule has 0 spiro atoms. The summed E-state index contributed by atoms with van der Waals surface area (Å²) in [5.74, 6) is -0.291. The second-order valence-electron chi connectivity index (χ2n) is 6.76. The number of carbonyl (C=O) groups excluding carboxylic acids is 1. The lowest BCUT2D eigenvalue weighted by atomic mass is 10.00. The molecule has 0 aliphatic carbocycles. The Bertz CT molecular complexity index is 1000. The number of aromatic nitrogens is 1. The van der Waals surface area contributed by atoms with E-state index in [-0.39, 0.29) is 36.4 Å². The molecule has 29 heavy (non-hydrogen) atoms. The van der Waals surface area contributed by atoms with Gasteiger partial charge in [-0.1, -0.05) is 6.07 Å². The maximum atomic E-state index is 14.1. The Morgan fingerprint density at radius 2 is 2.28 bits per heavy atom. The van der Waals surface area contributed by atoms with Gasteiger partial charge in [0.1, 0.15) is 11.6 Å². The number of benzene rings is 1. The van der Waals surface area contributed by atoms with Crippen LogP contribution in [0.1, 0.15) is 27.2 Å². The zero-order valence-corrected chi connectivity index (χ0v) is 15.9. The van der Waals surface area contributed by atoms with Crippen LogP contribution in [0.25, 0.3) is 5.76 Å². The topological polar surface area (TPSA) is 113 Å². The largest absolute Gasteiger partial charge is 0.455 e. The molecule has 2 heterocycles. The first kappa shape index (κ1) is 20.3. The van der Waals surface area contributed by atoms with Crippen molar-refractivity contribution in [3.05, 3.63) is 58.7 Å². The molecule has 0 radical (unpaired) electrons. The van der Waals surface area contributed by atoms with Crippen LogP contribution in [0.15, 0.2) is 30.5 Å². The molecular weight excluding hydrogens is 375 g/mol. The fourth-order valence-corrected chi connectivity index (χ4v) is 3.16. The Morgan fingerprint density at radius 1 is 1.52 bits per heavy atom. The summed E-state index contributed by atoms with van der Waals surface area (Å²) >= 11 is 0. The van der Waals surface area contributed by atoms with Crippen LogP contribution in [-0.2, 0) is 6.42 Å². The van der Waals surface area contributed by atoms with E-state index in [9.17, 15) is 9.18 Å². The summed E-state index contributed by atoms with van der Waals surface area (Å²) in [5.41, 5.74) is 1.99. The second kappa shape index (κ2) is 8.71. The minimum absolute atomic E-state index is 0.127. The number of ether oxygens (including phenoxy) is 1. The van der Waals surface area contributed by atoms with Crippen molar-refractivity contribution in [2.75, 3.05) is 19.7 Å². The molecule has 3 N–H and O–H groups in total. The number of nitrogens with zero attached hydrogens (tertiary/aromatic N) is 2. The number of allylic oxidation sites excluding steroid dienone is 1. The third-order valence-electron chi connectivity index (χ3n) is 4.84. The standard InChI is InChI=1S/C21H21FN4O3/c1-13-17(21(28)26-11-14(9-24)12-26)10-25-20(13)19(4-6-23)29-16-3-2-15(5-7-27)18(22)8-16/h2-4,6,8,10,14,23,25,27H,5,7,11-12H2,1H3/b19-4+,23-6?. The highest BCUT2D eigenvalue weighted by molar-refractivity contribution is 5.97. The van der Waals surface area contributed by atoms with Crippen LogP contribution in [0, 0.1) is 35.4 Å². The van der Waals surface area contributed by atoms with Gasteiger partial charge in [0.25, 0.3) is 5.91 Å². The van der Waals surface area contributed by atoms with Crippen molar-refractivity contribution in [2.45, 2.75) is 13.3 Å². The van der Waals surface area contributed by atoms with Gasteiger partial charge < -0.3 is 25.1 Å². The summed E-state index contributed by atoms with van der Waals surface area (Å²) in [5, 5.41) is 25.2. The van der Waals surface area contributed by atoms with E-state index in [0.717, 1.165) is 6.21 Å². The molecule has 0 bridgehead atoms. The minimum atomic E-state index is -0.491. The van der Waals surface area contributed by atoms with Gasteiger partial charge in [0.15, 0.2) is 5.76 Å². The summed E-state index contributed by atoms with van der Waals surface area (Å²) < 4.78 is 19.9. The number of aromatic amines is 1. The number of H-pyrrole nitrogens is 1. The maximum absolute atomic E-state index is 14.1. The van der Waals surface area contributed by atoms with Gasteiger partial charge >= 0.3 is 0 Å². The molecule has 150 valence electrons. The maximum Gasteiger partial charge on any atom is 0.255 e. The van der Waals surface area contributed by atoms with Crippen LogP contribution in [0.4, 0.5) is 4.39 Å². The van der Waals surface area contributed by atoms with E-state index in [1.165, 1.54) is 18.2 Å². The van der Waals surface area contributed by atoms with E-state index in [0.29, 0.717) is 35.5 Å². The number of nitriles is 1. The Hall–Kier alpha value is -3.44. The number of halogens is 1. The molecule has 1 amide bonds. The number of likely N-dealkylation sites (tertiary alicyclic amines) is 1. The monoisotopic (exact) mass is 396 g/mol. The molecular formula is C21H21FN4O3. The van der Waals surface area contributed by atoms with Crippen LogP contribution in [0.5, 0.6) is 5.75 Å². The van der Waals surface area contributed by atoms with Crippen molar-refractivity contribution >= 4 is 17.9 Å². The minimum Gasteiger partial charge on any atom is -0.455 e. The first-order chi connectivity index (χ1) is 14.0. The van der Waals surface area contributed by atoms with E-state index in [1.54, 1.807) is 24.1 Å². The van der Waals surface area contributed by atoms with Crippen molar-refractivity contribution in [3.63, 3.8) is 0 Å². The summed E-state index contributed by atoms with van der Waals surface area (Å²) in [6, 6.07) is 6.47. The zero-order valence-electron chi connectivity index (χ0n) is 15.9. The van der Waals surface area contributed by atoms with Gasteiger partial charge in [-0.2, -0.15) is 5.26 Å². The molecule has 1 aliphatic rings. The van der Waals surface area contributed by atoms with E-state index in [4.69, 9.17) is 20.5 Å². The molecule has 2 aromatic rings. The highest BCUT2D eigenvalue weighted by Crippen LogP contribution is 2.28. The molecule has 0 saturated carbocycles. The molecule has 8 heteroatoms. The van der Waals surface area contributed by atoms with Crippen LogP contribution in [-0.4, -0.2) is 46.8 Å². The van der Waals surface area contributed by atoms with Gasteiger partial charge in [-0.25, -0.2) is 4.39 Å². The van der Waals surface area contributed by atoms with Gasteiger partial charge in [-0.3, -0.25) is 4.79 Å². The third kappa shape index (κ3) is 4.20. The lowest BCUT2D eigenvalue weighted by Crippen LogP contribution is -2.49. The summed E-state index contributed by atoms with van der Waals surface area (Å²) in [6.45, 7) is 2.43. The second-order valence-corrected chi connectivity index (χ2v) is 6.76. The van der Waals surface area contributed by atoms with Crippen molar-refractivity contribution in [2.24, 2.45) is 5.92 Å². The zero-order chi connectivity index (χ0) is 21.0. The SMILES string of the molecule is Cc1c(C(=O)N2CC(C#N)C2)c[nH]c1/C(=C\C=N)Oc1ccc(CCO)c(F)c1. The number of amides is 1. The first-order valence-corrected chi connectivity index (χ1v) is 9.13. The number of carbonyl (C=O) groups is 1. The quantitative estimate of drug-likeness (QED) is 0.493. The highest BCUT2D eigenvalue weighted by Gasteiger charge is 2.32. The average molecular weight is 396 g/mol. The Labute approximate surface area is 167 Å². The van der Waals surface area contributed by atoms with Crippen molar-refractivity contribution < 1.29 is 19.0 Å². The Kier molecular flexibility index (Phi) is 6.10. The highest BCUT2D eigenvalue weighted by atomic mass is 19.1. The van der Waals surface area contributed by atoms with E-state index in [1.807, 2.05) is 0 Å². The Balaban J connectivity index is 1.82. The molecule has 1 aromatic heterocycles. The fraction of sp³-hybridized carbons (Fsp3) is 0.286. The molecule has 3 rings (SSSR count). The van der Waals surface area contributed by atoms with Crippen molar-refractivity contribution in [3.8, 4) is 11.8 Å². The number of aliphatic hydroxyl groups excluding tert-OH is 1. The smallest absolute Gasteiger partial charge is 0.255 e. The van der Waals surface area contributed by atoms with Crippen molar-refractivity contribution in [1.82, 2.24) is 9.88 Å². The number of nitrogens with one attached hydrogen (secondary N) is 2. The van der Waals surface area contributed by atoms with Crippen molar-refractivity contribution in [1.29, 1.82) is 10.7 Å². The van der Waals surface area contributed by atoms with Crippen LogP contribution in [0.3, 0.4) is 0 Å². The Morgan fingerprint density at radius 3 is 2.90 bits per heavy atom. The number of hydrogen-bond donors (Lipinski definition) is 3. The number of hydrogen-bond acceptors (Lipinski definition) is 5. The molecule has 1 aromatic carbocycles. The molecule has 1 saturated heterocycles. The lowest BCUT2D eigenvalue weighted by molar-refractivity contribution is 0.0577. The third-order valence-corrected chi connectivity index (χ3v) is 4.84. The molecule has 7 nitrogen and oxygen atoms in total. The predicted molar refractivity (Wildman–Crippen MR) is 105 cm³/mol. The van der Waals surface area contributed by atoms with Gasteiger partial charge in [-0.05, 0) is 30.5 Å². The lowest BCUT2D eigenvalue weighted by Gasteiger charge is -2.35. The van der Waals surface area contributed by atoms with Gasteiger partial charge in [-0.15, -0.1) is 0 Å². The van der Waals surface area contributed by atoms with Crippen LogP contribution < -0.4 is 4.74 Å². The summed E-state index contributed by atoms with van der Waals surface area (Å²) in [7, 11) is 0. The normalized spacial score (nSPS) is 14.3. The predicted octanol–water partition coefficient (Wildman–Crippen LogP) is 2.66. The van der Waals surface area contributed by atoms with Crippen LogP contribution >= 0.6 is 0 Å². The molecule has 0 unspecified atom stereocenters. The fourth-order valence-electron chi connectivity index (χ4n) is 3.16. The van der Waals surface area contributed by atoms with Gasteiger partial charge in [0.05, 0.1) is 23.2 Å². The van der Waals surface area contributed by atoms with E-state index >= 15 is 0 Å². The van der Waals surface area contributed by atoms with Gasteiger partial charge in [0.2, 0.25) is 0 Å². The number of rotatable bonds is 7. The molecule has 1 fully saturated rings. The van der Waals surface area contributed by atoms with Gasteiger partial charge in [0, 0.05) is 44.3 Å². The average Bonchev–Trinajstić information content (AvgIpc) is 3.04. The first-order valence-electron chi connectivity index (χ1n) is 9.13. The summed E-state index contributed by atoms with van der Waals surface area (Å²) in [6.07, 6.45) is 4.22. The molecule has 0 atom stereocenters. The van der Waals surface area contributed by atoms with E-state index < -0.39 is 5.82 Å².